The average molecular weight is 215 g/mol. The van der Waals surface area contributed by atoms with Gasteiger partial charge in [-0.2, -0.15) is 0 Å². The van der Waals surface area contributed by atoms with Gasteiger partial charge < -0.3 is 10.0 Å². The third-order valence-corrected chi connectivity index (χ3v) is 2.64. The Morgan fingerprint density at radius 3 is 2.07 bits per heavy atom. The number of hydrogen-bond acceptors (Lipinski definition) is 2. The summed E-state index contributed by atoms with van der Waals surface area (Å²) in [6.45, 7) is 9.52. The summed E-state index contributed by atoms with van der Waals surface area (Å²) < 4.78 is 0. The van der Waals surface area contributed by atoms with E-state index >= 15 is 0 Å². The summed E-state index contributed by atoms with van der Waals surface area (Å²) in [5.74, 6) is -0.365. The van der Waals surface area contributed by atoms with Crippen LogP contribution in [0.5, 0.6) is 0 Å². The number of hydrogen-bond donors (Lipinski definition) is 1. The smallest absolute Gasteiger partial charge is 0.303 e. The highest BCUT2D eigenvalue weighted by Gasteiger charge is 2.14. The summed E-state index contributed by atoms with van der Waals surface area (Å²) >= 11 is 0. The molecule has 0 fully saturated rings. The second-order valence-electron chi connectivity index (χ2n) is 4.17. The molecule has 15 heavy (non-hydrogen) atoms. The Bertz CT molecular complexity index is 165. The molecule has 0 rings (SSSR count). The van der Waals surface area contributed by atoms with Gasteiger partial charge in [-0.3, -0.25) is 4.79 Å². The van der Waals surface area contributed by atoms with E-state index in [1.54, 1.807) is 0 Å². The van der Waals surface area contributed by atoms with Crippen LogP contribution in [0, 0.1) is 5.92 Å². The zero-order chi connectivity index (χ0) is 11.7. The fourth-order valence-corrected chi connectivity index (χ4v) is 1.88. The Balaban J connectivity index is 4.02. The van der Waals surface area contributed by atoms with Gasteiger partial charge in [0.1, 0.15) is 0 Å². The molecule has 0 saturated carbocycles. The van der Waals surface area contributed by atoms with Gasteiger partial charge in [0, 0.05) is 13.0 Å². The largest absolute Gasteiger partial charge is 0.481 e. The molecular formula is C12H25NO2. The lowest BCUT2D eigenvalue weighted by atomic mass is 10.0. The van der Waals surface area contributed by atoms with Gasteiger partial charge in [0.05, 0.1) is 0 Å². The molecule has 0 spiro atoms. The SMILES string of the molecule is CCCN(CCC)CC(CC)CC(=O)O. The summed E-state index contributed by atoms with van der Waals surface area (Å²) in [5, 5.41) is 8.77. The predicted octanol–water partition coefficient (Wildman–Crippen LogP) is 2.61. The first-order valence-corrected chi connectivity index (χ1v) is 6.08. The molecule has 0 aliphatic rings. The molecule has 0 amide bonds. The van der Waals surface area contributed by atoms with Crippen molar-refractivity contribution >= 4 is 5.97 Å². The van der Waals surface area contributed by atoms with E-state index < -0.39 is 5.97 Å². The van der Waals surface area contributed by atoms with Gasteiger partial charge >= 0.3 is 5.97 Å². The van der Waals surface area contributed by atoms with E-state index in [0.717, 1.165) is 38.9 Å². The second kappa shape index (κ2) is 8.72. The quantitative estimate of drug-likeness (QED) is 0.642. The van der Waals surface area contributed by atoms with Crippen molar-refractivity contribution in [2.75, 3.05) is 19.6 Å². The van der Waals surface area contributed by atoms with Crippen LogP contribution in [0.15, 0.2) is 0 Å². The summed E-state index contributed by atoms with van der Waals surface area (Å²) in [4.78, 5) is 13.0. The predicted molar refractivity (Wildman–Crippen MR) is 63.1 cm³/mol. The van der Waals surface area contributed by atoms with Crippen LogP contribution in [0.4, 0.5) is 0 Å². The molecule has 3 nitrogen and oxygen atoms in total. The Kier molecular flexibility index (Phi) is 8.38. The number of nitrogens with zero attached hydrogens (tertiary/aromatic N) is 1. The zero-order valence-electron chi connectivity index (χ0n) is 10.3. The lowest BCUT2D eigenvalue weighted by molar-refractivity contribution is -0.138. The molecule has 0 heterocycles. The maximum absolute atomic E-state index is 10.6. The molecule has 1 unspecified atom stereocenters. The van der Waals surface area contributed by atoms with Gasteiger partial charge in [0.25, 0.3) is 0 Å². The van der Waals surface area contributed by atoms with Gasteiger partial charge in [-0.1, -0.05) is 27.2 Å². The van der Waals surface area contributed by atoms with Gasteiger partial charge in [0.2, 0.25) is 0 Å². The van der Waals surface area contributed by atoms with E-state index in [4.69, 9.17) is 5.11 Å². The molecule has 0 saturated heterocycles. The highest BCUT2D eigenvalue weighted by atomic mass is 16.4. The second-order valence-corrected chi connectivity index (χ2v) is 4.17. The minimum absolute atomic E-state index is 0.306. The van der Waals surface area contributed by atoms with E-state index in [1.165, 1.54) is 0 Å². The lowest BCUT2D eigenvalue weighted by Crippen LogP contribution is -2.31. The molecule has 0 aromatic heterocycles. The maximum atomic E-state index is 10.6. The number of aliphatic carboxylic acids is 1. The van der Waals surface area contributed by atoms with Gasteiger partial charge in [-0.05, 0) is 31.8 Å². The zero-order valence-corrected chi connectivity index (χ0v) is 10.3. The van der Waals surface area contributed by atoms with E-state index in [9.17, 15) is 4.79 Å². The Hall–Kier alpha value is -0.570. The summed E-state index contributed by atoms with van der Waals surface area (Å²) in [7, 11) is 0. The first-order chi connectivity index (χ1) is 7.13. The fraction of sp³-hybridized carbons (Fsp3) is 0.917. The molecule has 0 aromatic carbocycles. The first kappa shape index (κ1) is 14.4. The number of carboxylic acids is 1. The van der Waals surface area contributed by atoms with Gasteiger partial charge in [-0.15, -0.1) is 0 Å². The van der Waals surface area contributed by atoms with Crippen molar-refractivity contribution < 1.29 is 9.90 Å². The fourth-order valence-electron chi connectivity index (χ4n) is 1.88. The third kappa shape index (κ3) is 7.37. The monoisotopic (exact) mass is 215 g/mol. The molecule has 1 atom stereocenters. The number of rotatable bonds is 9. The molecule has 0 aromatic rings. The van der Waals surface area contributed by atoms with Crippen molar-refractivity contribution in [3.8, 4) is 0 Å². The van der Waals surface area contributed by atoms with Gasteiger partial charge in [0.15, 0.2) is 0 Å². The Morgan fingerprint density at radius 2 is 1.73 bits per heavy atom. The number of carboxylic acid groups (broad SMARTS) is 1. The van der Waals surface area contributed by atoms with E-state index in [0.29, 0.717) is 12.3 Å². The van der Waals surface area contributed by atoms with Crippen molar-refractivity contribution in [3.63, 3.8) is 0 Å². The summed E-state index contributed by atoms with van der Waals surface area (Å²) in [6.07, 6.45) is 3.55. The Morgan fingerprint density at radius 1 is 1.20 bits per heavy atom. The van der Waals surface area contributed by atoms with Crippen LogP contribution in [0.2, 0.25) is 0 Å². The van der Waals surface area contributed by atoms with Crippen molar-refractivity contribution in [2.24, 2.45) is 5.92 Å². The van der Waals surface area contributed by atoms with Crippen LogP contribution in [0.25, 0.3) is 0 Å². The van der Waals surface area contributed by atoms with E-state index in [-0.39, 0.29) is 0 Å². The van der Waals surface area contributed by atoms with Crippen LogP contribution >= 0.6 is 0 Å². The molecule has 3 heteroatoms. The third-order valence-electron chi connectivity index (χ3n) is 2.64. The summed E-state index contributed by atoms with van der Waals surface area (Å²) in [6, 6.07) is 0. The first-order valence-electron chi connectivity index (χ1n) is 6.08. The number of carbonyl (C=O) groups is 1. The van der Waals surface area contributed by atoms with Gasteiger partial charge in [-0.25, -0.2) is 0 Å². The normalized spacial score (nSPS) is 13.1. The minimum Gasteiger partial charge on any atom is -0.481 e. The van der Waals surface area contributed by atoms with Crippen LogP contribution < -0.4 is 0 Å². The Labute approximate surface area is 93.5 Å². The van der Waals surface area contributed by atoms with Crippen LogP contribution in [0.3, 0.4) is 0 Å². The van der Waals surface area contributed by atoms with Crippen molar-refractivity contribution in [2.45, 2.75) is 46.5 Å². The standard InChI is InChI=1S/C12H25NO2/c1-4-7-13(8-5-2)10-11(6-3)9-12(14)15/h11H,4-10H2,1-3H3,(H,14,15). The lowest BCUT2D eigenvalue weighted by Gasteiger charge is -2.25. The molecule has 0 radical (unpaired) electrons. The van der Waals surface area contributed by atoms with Crippen LogP contribution in [-0.4, -0.2) is 35.6 Å². The van der Waals surface area contributed by atoms with Crippen LogP contribution in [-0.2, 0) is 4.79 Å². The van der Waals surface area contributed by atoms with E-state index in [2.05, 4.69) is 25.7 Å². The molecule has 0 aliphatic carbocycles. The minimum atomic E-state index is -0.671. The molecule has 0 aliphatic heterocycles. The average Bonchev–Trinajstić information content (AvgIpc) is 2.16. The topological polar surface area (TPSA) is 40.5 Å². The van der Waals surface area contributed by atoms with Crippen LogP contribution in [0.1, 0.15) is 46.5 Å². The molecule has 1 N–H and O–H groups in total. The highest BCUT2D eigenvalue weighted by Crippen LogP contribution is 2.11. The highest BCUT2D eigenvalue weighted by molar-refractivity contribution is 5.67. The molecule has 90 valence electrons. The summed E-state index contributed by atoms with van der Waals surface area (Å²) in [5.41, 5.74) is 0. The molecule has 0 bridgehead atoms. The maximum Gasteiger partial charge on any atom is 0.303 e. The van der Waals surface area contributed by atoms with E-state index in [1.807, 2.05) is 0 Å². The van der Waals surface area contributed by atoms with Crippen molar-refractivity contribution in [1.82, 2.24) is 4.90 Å². The van der Waals surface area contributed by atoms with Crippen molar-refractivity contribution in [1.29, 1.82) is 0 Å². The molecular weight excluding hydrogens is 190 g/mol. The van der Waals surface area contributed by atoms with Crippen molar-refractivity contribution in [3.05, 3.63) is 0 Å².